The first-order valence-corrected chi connectivity index (χ1v) is 10.8. The van der Waals surface area contributed by atoms with Crippen LogP contribution in [0.4, 0.5) is 0 Å². The number of primary sulfonamides is 1. The first-order chi connectivity index (χ1) is 14.2. The molecule has 4 rings (SSSR count). The van der Waals surface area contributed by atoms with Gasteiger partial charge in [-0.2, -0.15) is 0 Å². The molecule has 1 aromatic carbocycles. The monoisotopic (exact) mass is 441 g/mol. The van der Waals surface area contributed by atoms with Crippen LogP contribution in [0.5, 0.6) is 5.75 Å². The molecule has 0 unspecified atom stereocenters. The zero-order valence-corrected chi connectivity index (χ0v) is 17.1. The average molecular weight is 441 g/mol. The van der Waals surface area contributed by atoms with Crippen LogP contribution in [0.15, 0.2) is 23.1 Å². The summed E-state index contributed by atoms with van der Waals surface area (Å²) in [6, 6.07) is 3.52. The molecular weight excluding hydrogens is 418 g/mol. The van der Waals surface area contributed by atoms with Crippen molar-refractivity contribution in [3.8, 4) is 5.75 Å². The molecule has 12 heteroatoms. The fourth-order valence-corrected chi connectivity index (χ4v) is 4.92. The number of carbonyl (C=O) groups excluding carboxylic acids is 2. The highest BCUT2D eigenvalue weighted by molar-refractivity contribution is 7.89. The molecule has 11 nitrogen and oxygen atoms in total. The van der Waals surface area contributed by atoms with Crippen LogP contribution in [0.1, 0.15) is 29.6 Å². The van der Waals surface area contributed by atoms with Crippen LogP contribution in [-0.4, -0.2) is 80.2 Å². The van der Waals surface area contributed by atoms with E-state index in [0.717, 1.165) is 6.42 Å². The van der Waals surface area contributed by atoms with Crippen molar-refractivity contribution in [3.63, 3.8) is 0 Å². The minimum Gasteiger partial charge on any atom is -0.496 e. The van der Waals surface area contributed by atoms with Gasteiger partial charge in [0.15, 0.2) is 5.72 Å². The lowest BCUT2D eigenvalue weighted by Crippen LogP contribution is -2.56. The summed E-state index contributed by atoms with van der Waals surface area (Å²) in [6.45, 7) is 1.34. The molecule has 0 radical (unpaired) electrons. The lowest BCUT2D eigenvalue weighted by atomic mass is 10.0. The molecule has 30 heavy (non-hydrogen) atoms. The van der Waals surface area contributed by atoms with Crippen LogP contribution < -0.4 is 9.88 Å². The number of amides is 2. The number of carbonyl (C=O) groups is 3. The number of carboxylic acid groups (broad SMARTS) is 1. The number of nitrogens with two attached hydrogens (primary N) is 1. The Morgan fingerprint density at radius 2 is 2.10 bits per heavy atom. The van der Waals surface area contributed by atoms with Gasteiger partial charge in [0.25, 0.3) is 12.4 Å². The first kappa shape index (κ1) is 22.0. The molecule has 164 valence electrons. The minimum atomic E-state index is -3.97. The van der Waals surface area contributed by atoms with Gasteiger partial charge < -0.3 is 24.4 Å². The van der Waals surface area contributed by atoms with Crippen molar-refractivity contribution in [1.82, 2.24) is 9.80 Å². The van der Waals surface area contributed by atoms with E-state index in [9.17, 15) is 18.0 Å². The second-order valence-electron chi connectivity index (χ2n) is 7.07. The maximum atomic E-state index is 13.3. The molecule has 3 fully saturated rings. The van der Waals surface area contributed by atoms with Crippen LogP contribution in [0, 0.1) is 0 Å². The lowest BCUT2D eigenvalue weighted by Gasteiger charge is -2.42. The fourth-order valence-electron chi connectivity index (χ4n) is 4.38. The van der Waals surface area contributed by atoms with Gasteiger partial charge in [0.1, 0.15) is 5.75 Å². The Bertz CT molecular complexity index is 966. The van der Waals surface area contributed by atoms with Gasteiger partial charge in [0, 0.05) is 19.5 Å². The number of methoxy groups -OCH3 is 1. The number of sulfonamides is 1. The van der Waals surface area contributed by atoms with Crippen molar-refractivity contribution in [3.05, 3.63) is 23.8 Å². The van der Waals surface area contributed by atoms with Crippen LogP contribution in [-0.2, 0) is 24.3 Å². The van der Waals surface area contributed by atoms with E-state index in [0.29, 0.717) is 26.1 Å². The highest BCUT2D eigenvalue weighted by Gasteiger charge is 2.61. The van der Waals surface area contributed by atoms with E-state index in [2.05, 4.69) is 0 Å². The number of hydrogen-bond acceptors (Lipinski definition) is 7. The Morgan fingerprint density at radius 1 is 1.40 bits per heavy atom. The fraction of sp³-hybridized carbons (Fsp3) is 0.500. The van der Waals surface area contributed by atoms with E-state index < -0.39 is 27.7 Å². The summed E-state index contributed by atoms with van der Waals surface area (Å²) in [5.41, 5.74) is -0.668. The van der Waals surface area contributed by atoms with Crippen molar-refractivity contribution < 1.29 is 37.4 Å². The predicted molar refractivity (Wildman–Crippen MR) is 102 cm³/mol. The molecule has 0 aromatic heterocycles. The third kappa shape index (κ3) is 3.61. The summed E-state index contributed by atoms with van der Waals surface area (Å²) in [5.74, 6) is -0.176. The highest BCUT2D eigenvalue weighted by atomic mass is 32.2. The van der Waals surface area contributed by atoms with E-state index in [4.69, 9.17) is 24.5 Å². The van der Waals surface area contributed by atoms with Gasteiger partial charge in [0.2, 0.25) is 15.9 Å². The molecular formula is C18H23N3O8S. The first-order valence-electron chi connectivity index (χ1n) is 9.23. The maximum Gasteiger partial charge on any atom is 0.290 e. The zero-order chi connectivity index (χ0) is 22.1. The van der Waals surface area contributed by atoms with Gasteiger partial charge in [-0.25, -0.2) is 13.6 Å². The zero-order valence-electron chi connectivity index (χ0n) is 16.3. The minimum absolute atomic E-state index is 0.0255. The van der Waals surface area contributed by atoms with Crippen molar-refractivity contribution in [2.45, 2.75) is 35.9 Å². The summed E-state index contributed by atoms with van der Waals surface area (Å²) in [6.07, 6.45) is 1.51. The Balaban J connectivity index is 0.000000806. The molecule has 1 aromatic rings. The molecule has 3 aliphatic rings. The van der Waals surface area contributed by atoms with Gasteiger partial charge in [0.05, 0.1) is 36.6 Å². The summed E-state index contributed by atoms with van der Waals surface area (Å²) in [5, 5.41) is 12.1. The molecule has 3 saturated heterocycles. The molecule has 3 aliphatic heterocycles. The molecule has 3 heterocycles. The standard InChI is InChI=1S/C17H21N3O6S.CH2O2/c1-25-13-4-3-11(27(18,23)24)9-12(13)16(22)19-7-5-17-14(19)10-15(21)20(17)6-2-8-26-17;2-1-3/h3-4,9,14H,2,5-8,10H2,1H3,(H2,18,23,24);1H,(H,2,3)/t14-,17+;/m1./s1. The van der Waals surface area contributed by atoms with Gasteiger partial charge in [-0.3, -0.25) is 14.4 Å². The number of nitrogens with zero attached hydrogens (tertiary/aromatic N) is 2. The van der Waals surface area contributed by atoms with E-state index in [1.165, 1.54) is 25.3 Å². The van der Waals surface area contributed by atoms with E-state index in [1.54, 1.807) is 9.80 Å². The average Bonchev–Trinajstić information content (AvgIpc) is 3.19. The molecule has 1 spiro atoms. The number of hydrogen-bond donors (Lipinski definition) is 2. The van der Waals surface area contributed by atoms with Gasteiger partial charge in [-0.15, -0.1) is 0 Å². The van der Waals surface area contributed by atoms with Crippen LogP contribution in [0.2, 0.25) is 0 Å². The van der Waals surface area contributed by atoms with Crippen LogP contribution in [0.25, 0.3) is 0 Å². The summed E-state index contributed by atoms with van der Waals surface area (Å²) >= 11 is 0. The number of ether oxygens (including phenoxy) is 2. The largest absolute Gasteiger partial charge is 0.496 e. The molecule has 0 bridgehead atoms. The second-order valence-corrected chi connectivity index (χ2v) is 8.63. The summed E-state index contributed by atoms with van der Waals surface area (Å²) in [7, 11) is -2.57. The molecule has 3 N–H and O–H groups in total. The predicted octanol–water partition coefficient (Wildman–Crippen LogP) is -0.393. The summed E-state index contributed by atoms with van der Waals surface area (Å²) < 4.78 is 34.6. The lowest BCUT2D eigenvalue weighted by molar-refractivity contribution is -0.179. The van der Waals surface area contributed by atoms with Gasteiger partial charge >= 0.3 is 0 Å². The SMILES string of the molecule is COc1ccc(S(N)(=O)=O)cc1C(=O)N1CC[C@@]23OCCCN2C(=O)C[C@@H]13.O=CO. The normalized spacial score (nSPS) is 25.1. The van der Waals surface area contributed by atoms with Crippen molar-refractivity contribution in [2.24, 2.45) is 5.14 Å². The van der Waals surface area contributed by atoms with Crippen molar-refractivity contribution in [2.75, 3.05) is 26.8 Å². The van der Waals surface area contributed by atoms with Crippen LogP contribution in [0.3, 0.4) is 0 Å². The smallest absolute Gasteiger partial charge is 0.290 e. The second kappa shape index (κ2) is 8.20. The molecule has 0 saturated carbocycles. The summed E-state index contributed by atoms with van der Waals surface area (Å²) in [4.78, 5) is 37.2. The Hall–Kier alpha value is -2.70. The van der Waals surface area contributed by atoms with Gasteiger partial charge in [-0.1, -0.05) is 0 Å². The van der Waals surface area contributed by atoms with E-state index in [1.807, 2.05) is 0 Å². The highest BCUT2D eigenvalue weighted by Crippen LogP contribution is 2.45. The van der Waals surface area contributed by atoms with Gasteiger partial charge in [-0.05, 0) is 24.6 Å². The maximum absolute atomic E-state index is 13.3. The van der Waals surface area contributed by atoms with Crippen molar-refractivity contribution >= 4 is 28.3 Å². The third-order valence-corrected chi connectivity index (χ3v) is 6.51. The van der Waals surface area contributed by atoms with E-state index in [-0.39, 0.29) is 35.0 Å². The molecule has 0 aliphatic carbocycles. The number of benzene rings is 1. The molecule has 2 atom stereocenters. The molecule has 2 amide bonds. The number of rotatable bonds is 3. The Kier molecular flexibility index (Phi) is 6.01. The third-order valence-electron chi connectivity index (χ3n) is 5.60. The Labute approximate surface area is 173 Å². The Morgan fingerprint density at radius 3 is 2.73 bits per heavy atom. The van der Waals surface area contributed by atoms with E-state index >= 15 is 0 Å². The quantitative estimate of drug-likeness (QED) is 0.600. The van der Waals surface area contributed by atoms with Crippen molar-refractivity contribution in [1.29, 1.82) is 0 Å². The topological polar surface area (TPSA) is 157 Å². The van der Waals surface area contributed by atoms with Crippen LogP contribution >= 0.6 is 0 Å². The number of likely N-dealkylation sites (tertiary alicyclic amines) is 1.